The van der Waals surface area contributed by atoms with E-state index in [-0.39, 0.29) is 11.7 Å². The summed E-state index contributed by atoms with van der Waals surface area (Å²) in [5, 5.41) is 3.09. The third-order valence-electron chi connectivity index (χ3n) is 5.57. The van der Waals surface area contributed by atoms with E-state index >= 15 is 0 Å². The van der Waals surface area contributed by atoms with Crippen LogP contribution in [0.4, 0.5) is 4.39 Å². The lowest BCUT2D eigenvalue weighted by Gasteiger charge is -2.39. The van der Waals surface area contributed by atoms with E-state index in [1.807, 2.05) is 6.07 Å². The molecule has 1 aliphatic carbocycles. The number of aliphatic imine (C=N–C) groups is 1. The van der Waals surface area contributed by atoms with Gasteiger partial charge in [-0.15, -0.1) is 0 Å². The van der Waals surface area contributed by atoms with Gasteiger partial charge in [0.05, 0.1) is 11.9 Å². The van der Waals surface area contributed by atoms with E-state index < -0.39 is 5.66 Å². The van der Waals surface area contributed by atoms with Gasteiger partial charge in [0.25, 0.3) is 0 Å². The molecule has 2 unspecified atom stereocenters. The van der Waals surface area contributed by atoms with E-state index in [4.69, 9.17) is 16.5 Å². The van der Waals surface area contributed by atoms with Gasteiger partial charge in [-0.05, 0) is 43.0 Å². The van der Waals surface area contributed by atoms with Gasteiger partial charge in [0, 0.05) is 30.2 Å². The number of imidazole rings is 1. The van der Waals surface area contributed by atoms with Crippen LogP contribution in [0.5, 0.6) is 0 Å². The molecular formula is C20H20FN7. The van der Waals surface area contributed by atoms with Crippen LogP contribution in [0.25, 0.3) is 5.65 Å². The summed E-state index contributed by atoms with van der Waals surface area (Å²) in [6, 6.07) is 6.96. The second-order valence-corrected chi connectivity index (χ2v) is 7.23. The molecule has 0 saturated carbocycles. The summed E-state index contributed by atoms with van der Waals surface area (Å²) < 4.78 is 15.4. The molecule has 0 amide bonds. The monoisotopic (exact) mass is 377 g/mol. The van der Waals surface area contributed by atoms with Crippen LogP contribution in [0, 0.1) is 5.82 Å². The van der Waals surface area contributed by atoms with Crippen LogP contribution < -0.4 is 16.8 Å². The molecule has 1 aliphatic heterocycles. The number of aromatic nitrogens is 3. The van der Waals surface area contributed by atoms with Crippen LogP contribution in [0.3, 0.4) is 0 Å². The second kappa shape index (κ2) is 6.13. The normalized spacial score (nSPS) is 24.3. The highest BCUT2D eigenvalue weighted by Crippen LogP contribution is 2.41. The first kappa shape index (κ1) is 16.9. The first-order valence-electron chi connectivity index (χ1n) is 9.24. The number of nitrogens with two attached hydrogens (primary N) is 2. The Morgan fingerprint density at radius 3 is 3.04 bits per heavy atom. The largest absolute Gasteiger partial charge is 0.398 e. The van der Waals surface area contributed by atoms with Crippen molar-refractivity contribution in [2.45, 2.75) is 30.8 Å². The average molecular weight is 377 g/mol. The number of aryl methyl sites for hydroxylation is 1. The van der Waals surface area contributed by atoms with Crippen LogP contribution in [0.1, 0.15) is 35.7 Å². The van der Waals surface area contributed by atoms with Crippen molar-refractivity contribution in [3.8, 4) is 0 Å². The Kier molecular flexibility index (Phi) is 3.70. The fraction of sp³-hybridized carbons (Fsp3) is 0.250. The molecule has 0 spiro atoms. The van der Waals surface area contributed by atoms with Crippen molar-refractivity contribution in [2.24, 2.45) is 16.5 Å². The van der Waals surface area contributed by atoms with Gasteiger partial charge in [0.15, 0.2) is 11.5 Å². The molecule has 142 valence electrons. The minimum Gasteiger partial charge on any atom is -0.398 e. The van der Waals surface area contributed by atoms with Gasteiger partial charge in [-0.25, -0.2) is 14.4 Å². The summed E-state index contributed by atoms with van der Waals surface area (Å²) in [4.78, 5) is 13.6. The van der Waals surface area contributed by atoms with E-state index in [1.165, 1.54) is 12.3 Å². The van der Waals surface area contributed by atoms with Crippen molar-refractivity contribution in [3.63, 3.8) is 0 Å². The Balaban J connectivity index is 1.63. The Bertz CT molecular complexity index is 1130. The van der Waals surface area contributed by atoms with Crippen molar-refractivity contribution in [2.75, 3.05) is 0 Å². The lowest BCUT2D eigenvalue weighted by Crippen LogP contribution is -2.53. The zero-order valence-electron chi connectivity index (χ0n) is 15.1. The predicted molar refractivity (Wildman–Crippen MR) is 104 cm³/mol. The quantitative estimate of drug-likeness (QED) is 0.631. The topological polar surface area (TPSA) is 107 Å². The molecule has 5 N–H and O–H groups in total. The Morgan fingerprint density at radius 1 is 1.25 bits per heavy atom. The van der Waals surface area contributed by atoms with Crippen LogP contribution in [-0.4, -0.2) is 25.9 Å². The molecule has 28 heavy (non-hydrogen) atoms. The number of nitrogens with zero attached hydrogens (tertiary/aromatic N) is 4. The summed E-state index contributed by atoms with van der Waals surface area (Å²) in [6.45, 7) is 0. The smallest absolute Gasteiger partial charge is 0.158 e. The molecule has 3 aromatic rings. The number of fused-ring (bicyclic) bond motifs is 2. The number of halogens is 1. The van der Waals surface area contributed by atoms with E-state index in [9.17, 15) is 4.39 Å². The molecular weight excluding hydrogens is 357 g/mol. The van der Waals surface area contributed by atoms with E-state index in [2.05, 4.69) is 21.4 Å². The number of pyridine rings is 2. The highest BCUT2D eigenvalue weighted by Gasteiger charge is 2.43. The maximum atomic E-state index is 13.8. The number of hydrogen-bond donors (Lipinski definition) is 3. The first-order valence-corrected chi connectivity index (χ1v) is 9.24. The van der Waals surface area contributed by atoms with Gasteiger partial charge in [0.2, 0.25) is 0 Å². The van der Waals surface area contributed by atoms with Crippen molar-refractivity contribution < 1.29 is 4.39 Å². The summed E-state index contributed by atoms with van der Waals surface area (Å²) in [5.74, 6) is 0.0598. The molecule has 0 bridgehead atoms. The van der Waals surface area contributed by atoms with Crippen LogP contribution >= 0.6 is 0 Å². The number of amidine groups is 1. The minimum absolute atomic E-state index is 0.0887. The van der Waals surface area contributed by atoms with Crippen molar-refractivity contribution in [1.82, 2.24) is 19.7 Å². The van der Waals surface area contributed by atoms with Gasteiger partial charge in [0.1, 0.15) is 17.2 Å². The number of rotatable bonds is 2. The first-order chi connectivity index (χ1) is 13.6. The zero-order valence-corrected chi connectivity index (χ0v) is 15.1. The molecule has 0 radical (unpaired) electrons. The van der Waals surface area contributed by atoms with E-state index in [0.717, 1.165) is 30.5 Å². The second-order valence-electron chi connectivity index (χ2n) is 7.23. The van der Waals surface area contributed by atoms with Crippen LogP contribution in [-0.2, 0) is 6.42 Å². The predicted octanol–water partition coefficient (Wildman–Crippen LogP) is 1.79. The molecule has 0 saturated heterocycles. The molecule has 0 fully saturated rings. The summed E-state index contributed by atoms with van der Waals surface area (Å²) in [5.41, 5.74) is 15.8. The number of nitrogens with one attached hydrogen (secondary N) is 1. The maximum Gasteiger partial charge on any atom is 0.158 e. The SMILES string of the molecule is NC1=CNC(c2cnc3ccc(F)cn23)=NC1(N)C1CCCc2ncccc21. The lowest BCUT2D eigenvalue weighted by molar-refractivity contribution is 0.362. The Morgan fingerprint density at radius 2 is 2.14 bits per heavy atom. The summed E-state index contributed by atoms with van der Waals surface area (Å²) >= 11 is 0. The average Bonchev–Trinajstić information content (AvgIpc) is 3.13. The minimum atomic E-state index is -1.11. The fourth-order valence-electron chi connectivity index (χ4n) is 4.15. The molecule has 7 nitrogen and oxygen atoms in total. The Hall–Kier alpha value is -3.26. The third kappa shape index (κ3) is 2.49. The molecule has 3 aromatic heterocycles. The lowest BCUT2D eigenvalue weighted by atomic mass is 9.76. The van der Waals surface area contributed by atoms with Crippen molar-refractivity contribution >= 4 is 11.5 Å². The fourth-order valence-corrected chi connectivity index (χ4v) is 4.15. The van der Waals surface area contributed by atoms with Gasteiger partial charge in [-0.2, -0.15) is 0 Å². The van der Waals surface area contributed by atoms with Crippen LogP contribution in [0.15, 0.2) is 59.7 Å². The zero-order chi connectivity index (χ0) is 19.3. The highest BCUT2D eigenvalue weighted by atomic mass is 19.1. The summed E-state index contributed by atoms with van der Waals surface area (Å²) in [6.07, 6.45) is 9.25. The van der Waals surface area contributed by atoms with Gasteiger partial charge < -0.3 is 16.8 Å². The third-order valence-corrected chi connectivity index (χ3v) is 5.57. The van der Waals surface area contributed by atoms with E-state index in [0.29, 0.717) is 22.9 Å². The molecule has 2 aliphatic rings. The van der Waals surface area contributed by atoms with Crippen molar-refractivity contribution in [1.29, 1.82) is 0 Å². The van der Waals surface area contributed by atoms with Gasteiger partial charge >= 0.3 is 0 Å². The highest BCUT2D eigenvalue weighted by molar-refractivity contribution is 5.99. The molecule has 4 heterocycles. The van der Waals surface area contributed by atoms with Gasteiger partial charge in [-0.3, -0.25) is 9.38 Å². The van der Waals surface area contributed by atoms with Crippen molar-refractivity contribution in [3.05, 3.63) is 77.5 Å². The molecule has 2 atom stereocenters. The molecule has 5 rings (SSSR count). The molecule has 0 aromatic carbocycles. The van der Waals surface area contributed by atoms with Gasteiger partial charge in [-0.1, -0.05) is 6.07 Å². The Labute approximate surface area is 161 Å². The van der Waals surface area contributed by atoms with E-state index in [1.54, 1.807) is 29.1 Å². The number of hydrogen-bond acceptors (Lipinski definition) is 6. The standard InChI is InChI=1S/C20H20FN7/c21-12-6-7-18-25-9-16(28(18)11-12)19-26-10-17(22)20(23,27-19)14-4-1-5-15-13(14)3-2-8-24-15/h2-3,6-11,14H,1,4-5,22-23H2,(H,26,27). The molecule has 8 heteroatoms. The maximum absolute atomic E-state index is 13.8. The van der Waals surface area contributed by atoms with Crippen LogP contribution in [0.2, 0.25) is 0 Å². The summed E-state index contributed by atoms with van der Waals surface area (Å²) in [7, 11) is 0.